The zero-order valence-corrected chi connectivity index (χ0v) is 17.8. The molecule has 0 aromatic heterocycles. The van der Waals surface area contributed by atoms with Crippen molar-refractivity contribution >= 4 is 17.6 Å². The third-order valence-electron chi connectivity index (χ3n) is 5.51. The first-order valence-electron chi connectivity index (χ1n) is 9.75. The highest BCUT2D eigenvalue weighted by Gasteiger charge is 2.39. The molecule has 0 aliphatic carbocycles. The van der Waals surface area contributed by atoms with Gasteiger partial charge in [0.25, 0.3) is 0 Å². The predicted octanol–water partition coefficient (Wildman–Crippen LogP) is 5.40. The van der Waals surface area contributed by atoms with E-state index >= 15 is 0 Å². The molecule has 2 aromatic carbocycles. The van der Waals surface area contributed by atoms with Gasteiger partial charge in [-0.3, -0.25) is 9.69 Å². The molecule has 168 valence electrons. The number of carboxylic acids is 1. The quantitative estimate of drug-likeness (QED) is 0.629. The van der Waals surface area contributed by atoms with E-state index in [9.17, 15) is 23.1 Å². The molecule has 2 aromatic rings. The van der Waals surface area contributed by atoms with Crippen LogP contribution in [0.1, 0.15) is 42.0 Å². The van der Waals surface area contributed by atoms with E-state index in [1.807, 2.05) is 0 Å². The minimum absolute atomic E-state index is 0.109. The summed E-state index contributed by atoms with van der Waals surface area (Å²) in [6, 6.07) is 6.38. The molecule has 0 bridgehead atoms. The summed E-state index contributed by atoms with van der Waals surface area (Å²) in [5.41, 5.74) is -0.213. The van der Waals surface area contributed by atoms with Crippen LogP contribution < -0.4 is 9.47 Å². The van der Waals surface area contributed by atoms with Crippen molar-refractivity contribution in [3.8, 4) is 11.5 Å². The zero-order valence-electron chi connectivity index (χ0n) is 17.1. The molecule has 0 radical (unpaired) electrons. The average molecular weight is 458 g/mol. The fourth-order valence-corrected chi connectivity index (χ4v) is 4.33. The standard InChI is InChI=1S/C22H23ClF3NO4/c1-30-18-8-5-6-14(20(18)31-2)19(27-11-4-3-7-17(27)21(28)29)15-12-13(22(24,25)26)9-10-16(15)23/h5-6,8-10,12,17,19H,3-4,7,11H2,1-2H3,(H,28,29). The maximum Gasteiger partial charge on any atom is 0.416 e. The number of piperidine rings is 1. The molecule has 0 spiro atoms. The van der Waals surface area contributed by atoms with Crippen molar-refractivity contribution < 1.29 is 32.5 Å². The van der Waals surface area contributed by atoms with Gasteiger partial charge in [-0.25, -0.2) is 0 Å². The highest BCUT2D eigenvalue weighted by Crippen LogP contribution is 2.45. The van der Waals surface area contributed by atoms with Crippen LogP contribution in [-0.2, 0) is 11.0 Å². The summed E-state index contributed by atoms with van der Waals surface area (Å²) in [4.78, 5) is 13.7. The second kappa shape index (κ2) is 9.36. The molecule has 2 atom stereocenters. The van der Waals surface area contributed by atoms with Gasteiger partial charge < -0.3 is 14.6 Å². The van der Waals surface area contributed by atoms with Gasteiger partial charge in [-0.15, -0.1) is 0 Å². The number of alkyl halides is 3. The van der Waals surface area contributed by atoms with Gasteiger partial charge in [0, 0.05) is 10.6 Å². The van der Waals surface area contributed by atoms with Gasteiger partial charge in [0.05, 0.1) is 25.8 Å². The molecule has 1 aliphatic rings. The van der Waals surface area contributed by atoms with Gasteiger partial charge in [0.2, 0.25) is 0 Å². The molecule has 1 N–H and O–H groups in total. The number of rotatable bonds is 6. The fourth-order valence-electron chi connectivity index (χ4n) is 4.11. The molecule has 9 heteroatoms. The number of halogens is 4. The van der Waals surface area contributed by atoms with Crippen LogP contribution in [0.15, 0.2) is 36.4 Å². The molecular weight excluding hydrogens is 435 g/mol. The summed E-state index contributed by atoms with van der Waals surface area (Å²) >= 11 is 6.39. The predicted molar refractivity (Wildman–Crippen MR) is 110 cm³/mol. The Kier molecular flexibility index (Phi) is 7.01. The van der Waals surface area contributed by atoms with Crippen LogP contribution in [0.5, 0.6) is 11.5 Å². The summed E-state index contributed by atoms with van der Waals surface area (Å²) in [7, 11) is 2.88. The molecule has 1 saturated heterocycles. The average Bonchev–Trinajstić information content (AvgIpc) is 2.74. The van der Waals surface area contributed by atoms with Crippen LogP contribution in [0, 0.1) is 0 Å². The molecule has 0 amide bonds. The number of para-hydroxylation sites is 1. The second-order valence-corrected chi connectivity index (χ2v) is 7.71. The van der Waals surface area contributed by atoms with Gasteiger partial charge in [-0.05, 0) is 49.2 Å². The van der Waals surface area contributed by atoms with Crippen LogP contribution in [0.4, 0.5) is 13.2 Å². The first-order valence-corrected chi connectivity index (χ1v) is 10.1. The fraction of sp³-hybridized carbons (Fsp3) is 0.409. The van der Waals surface area contributed by atoms with Gasteiger partial charge in [-0.1, -0.05) is 30.2 Å². The van der Waals surface area contributed by atoms with Crippen molar-refractivity contribution in [2.45, 2.75) is 37.5 Å². The molecule has 5 nitrogen and oxygen atoms in total. The minimum atomic E-state index is -4.57. The van der Waals surface area contributed by atoms with E-state index < -0.39 is 29.8 Å². The molecule has 0 saturated carbocycles. The lowest BCUT2D eigenvalue weighted by molar-refractivity contribution is -0.145. The zero-order chi connectivity index (χ0) is 22.8. The number of hydrogen-bond donors (Lipinski definition) is 1. The second-order valence-electron chi connectivity index (χ2n) is 7.31. The van der Waals surface area contributed by atoms with Gasteiger partial charge in [-0.2, -0.15) is 13.2 Å². The molecular formula is C22H23ClF3NO4. The lowest BCUT2D eigenvalue weighted by Gasteiger charge is -2.40. The van der Waals surface area contributed by atoms with Crippen LogP contribution >= 0.6 is 11.6 Å². The van der Waals surface area contributed by atoms with Gasteiger partial charge >= 0.3 is 12.1 Å². The highest BCUT2D eigenvalue weighted by atomic mass is 35.5. The Morgan fingerprint density at radius 3 is 2.52 bits per heavy atom. The summed E-state index contributed by atoms with van der Waals surface area (Å²) in [5.74, 6) is -0.329. The van der Waals surface area contributed by atoms with Crippen molar-refractivity contribution in [3.05, 3.63) is 58.1 Å². The van der Waals surface area contributed by atoms with Crippen molar-refractivity contribution in [1.29, 1.82) is 0 Å². The number of methoxy groups -OCH3 is 2. The Morgan fingerprint density at radius 2 is 1.90 bits per heavy atom. The molecule has 31 heavy (non-hydrogen) atoms. The number of hydrogen-bond acceptors (Lipinski definition) is 4. The Morgan fingerprint density at radius 1 is 1.16 bits per heavy atom. The summed E-state index contributed by atoms with van der Waals surface area (Å²) in [5, 5.41) is 9.93. The number of nitrogens with zero attached hydrogens (tertiary/aromatic N) is 1. The summed E-state index contributed by atoms with van der Waals surface area (Å²) < 4.78 is 51.3. The minimum Gasteiger partial charge on any atom is -0.493 e. The van der Waals surface area contributed by atoms with E-state index in [1.165, 1.54) is 20.3 Å². The number of likely N-dealkylation sites (tertiary alicyclic amines) is 1. The van der Waals surface area contributed by atoms with Crippen molar-refractivity contribution in [2.24, 2.45) is 0 Å². The molecule has 1 fully saturated rings. The molecule has 2 unspecified atom stereocenters. The van der Waals surface area contributed by atoms with Crippen LogP contribution in [0.2, 0.25) is 5.02 Å². The Hall–Kier alpha value is -2.45. The summed E-state index contributed by atoms with van der Waals surface area (Å²) in [6.45, 7) is 0.384. The Labute approximate surface area is 183 Å². The monoisotopic (exact) mass is 457 g/mol. The normalized spacial score (nSPS) is 18.5. The summed E-state index contributed by atoms with van der Waals surface area (Å²) in [6.07, 6.45) is -2.76. The van der Waals surface area contributed by atoms with Crippen molar-refractivity contribution in [3.63, 3.8) is 0 Å². The van der Waals surface area contributed by atoms with Crippen LogP contribution in [0.25, 0.3) is 0 Å². The lowest BCUT2D eigenvalue weighted by atomic mass is 9.90. The highest BCUT2D eigenvalue weighted by molar-refractivity contribution is 6.31. The first-order chi connectivity index (χ1) is 14.7. The first kappa shape index (κ1) is 23.2. The molecule has 3 rings (SSSR count). The van der Waals surface area contributed by atoms with Gasteiger partial charge in [0.15, 0.2) is 11.5 Å². The van der Waals surface area contributed by atoms with Crippen molar-refractivity contribution in [2.75, 3.05) is 20.8 Å². The maximum atomic E-state index is 13.5. The topological polar surface area (TPSA) is 59.0 Å². The number of carboxylic acid groups (broad SMARTS) is 1. The number of benzene rings is 2. The Balaban J connectivity index is 2.28. The number of ether oxygens (including phenoxy) is 2. The van der Waals surface area contributed by atoms with Crippen molar-refractivity contribution in [1.82, 2.24) is 4.90 Å². The van der Waals surface area contributed by atoms with Gasteiger partial charge in [0.1, 0.15) is 6.04 Å². The third kappa shape index (κ3) is 4.75. The van der Waals surface area contributed by atoms with E-state index in [1.54, 1.807) is 23.1 Å². The van der Waals surface area contributed by atoms with Crippen LogP contribution in [0.3, 0.4) is 0 Å². The smallest absolute Gasteiger partial charge is 0.416 e. The Bertz CT molecular complexity index is 951. The van der Waals surface area contributed by atoms with E-state index in [4.69, 9.17) is 21.1 Å². The van der Waals surface area contributed by atoms with E-state index in [2.05, 4.69) is 0 Å². The largest absolute Gasteiger partial charge is 0.493 e. The molecule has 1 heterocycles. The number of carbonyl (C=O) groups is 1. The molecule has 1 aliphatic heterocycles. The SMILES string of the molecule is COc1cccc(C(c2cc(C(F)(F)F)ccc2Cl)N2CCCCC2C(=O)O)c1OC. The number of aliphatic carboxylic acids is 1. The van der Waals surface area contributed by atoms with Crippen LogP contribution in [-0.4, -0.2) is 42.8 Å². The van der Waals surface area contributed by atoms with E-state index in [0.29, 0.717) is 42.9 Å². The maximum absolute atomic E-state index is 13.5. The van der Waals surface area contributed by atoms with E-state index in [-0.39, 0.29) is 10.6 Å². The third-order valence-corrected chi connectivity index (χ3v) is 5.85. The lowest BCUT2D eigenvalue weighted by Crippen LogP contribution is -2.47. The van der Waals surface area contributed by atoms with E-state index in [0.717, 1.165) is 12.1 Å².